The van der Waals surface area contributed by atoms with E-state index in [0.29, 0.717) is 24.0 Å². The highest BCUT2D eigenvalue weighted by Gasteiger charge is 2.41. The van der Waals surface area contributed by atoms with Gasteiger partial charge in [0.25, 0.3) is 5.91 Å². The summed E-state index contributed by atoms with van der Waals surface area (Å²) in [5, 5.41) is 22.6. The van der Waals surface area contributed by atoms with Crippen LogP contribution in [-0.4, -0.2) is 34.4 Å². The number of aliphatic hydroxyl groups excluding tert-OH is 1. The van der Waals surface area contributed by atoms with Crippen LogP contribution in [0, 0.1) is 18.3 Å². The summed E-state index contributed by atoms with van der Waals surface area (Å²) >= 11 is 3.12. The van der Waals surface area contributed by atoms with Crippen molar-refractivity contribution < 1.29 is 14.3 Å². The Morgan fingerprint density at radius 1 is 1.37 bits per heavy atom. The van der Waals surface area contributed by atoms with Crippen molar-refractivity contribution in [2.45, 2.75) is 49.6 Å². The van der Waals surface area contributed by atoms with Gasteiger partial charge in [-0.15, -0.1) is 10.2 Å². The summed E-state index contributed by atoms with van der Waals surface area (Å²) in [5.41, 5.74) is 1.70. The minimum Gasteiger partial charge on any atom is -0.451 e. The number of hydrogen-bond donors (Lipinski definition) is 2. The van der Waals surface area contributed by atoms with Crippen LogP contribution in [0.15, 0.2) is 33.0 Å². The van der Waals surface area contributed by atoms with Gasteiger partial charge >= 0.3 is 0 Å². The van der Waals surface area contributed by atoms with Gasteiger partial charge in [0, 0.05) is 29.9 Å². The number of aryl methyl sites for hydroxylation is 1. The number of rotatable bonds is 9. The molecule has 0 bridgehead atoms. The predicted octanol–water partition coefficient (Wildman–Crippen LogP) is 4.80. The van der Waals surface area contributed by atoms with Crippen molar-refractivity contribution in [3.8, 4) is 0 Å². The van der Waals surface area contributed by atoms with E-state index in [4.69, 9.17) is 4.42 Å². The molecule has 0 aliphatic heterocycles. The molecule has 1 unspecified atom stereocenters. The summed E-state index contributed by atoms with van der Waals surface area (Å²) < 4.78 is 6.87. The first-order chi connectivity index (χ1) is 14.5. The molecule has 1 aromatic carbocycles. The van der Waals surface area contributed by atoms with Crippen LogP contribution >= 0.6 is 23.1 Å². The van der Waals surface area contributed by atoms with E-state index in [1.807, 2.05) is 31.2 Å². The third-order valence-electron chi connectivity index (χ3n) is 6.31. The molecule has 1 fully saturated rings. The second kappa shape index (κ2) is 9.08. The lowest BCUT2D eigenvalue weighted by molar-refractivity contribution is 0.0405. The van der Waals surface area contributed by atoms with Crippen LogP contribution < -0.4 is 5.32 Å². The molecule has 6 nitrogen and oxygen atoms in total. The molecule has 2 heterocycles. The number of carbonyl (C=O) groups excluding carboxylic acids is 1. The van der Waals surface area contributed by atoms with Crippen molar-refractivity contribution in [2.24, 2.45) is 11.3 Å². The number of aliphatic hydroxyl groups is 1. The molecule has 30 heavy (non-hydrogen) atoms. The number of thioether (sulfide) groups is 1. The van der Waals surface area contributed by atoms with Crippen LogP contribution in [0.25, 0.3) is 11.0 Å². The highest BCUT2D eigenvalue weighted by atomic mass is 32.2. The standard InChI is InChI=1S/C22H27N3O3S2/c1-14(8-11-26)22(9-5-10-22)13-23-20(27)19-17(12-29-21-25-24-15(2)30-21)16-6-3-4-7-18(16)28-19/h3-4,6-7,14,26H,5,8-13H2,1-2H3,(H,23,27). The van der Waals surface area contributed by atoms with Gasteiger partial charge in [0.2, 0.25) is 0 Å². The molecular weight excluding hydrogens is 418 g/mol. The lowest BCUT2D eigenvalue weighted by Gasteiger charge is -2.46. The number of carbonyl (C=O) groups is 1. The van der Waals surface area contributed by atoms with Gasteiger partial charge in [-0.2, -0.15) is 0 Å². The van der Waals surface area contributed by atoms with Crippen molar-refractivity contribution in [2.75, 3.05) is 13.2 Å². The van der Waals surface area contributed by atoms with Gasteiger partial charge in [-0.05, 0) is 43.6 Å². The molecule has 1 aliphatic rings. The van der Waals surface area contributed by atoms with E-state index < -0.39 is 0 Å². The Hall–Kier alpha value is -1.90. The Labute approximate surface area is 184 Å². The Morgan fingerprint density at radius 3 is 2.83 bits per heavy atom. The number of fused-ring (bicyclic) bond motifs is 1. The molecule has 8 heteroatoms. The predicted molar refractivity (Wildman–Crippen MR) is 120 cm³/mol. The van der Waals surface area contributed by atoms with Gasteiger partial charge in [0.15, 0.2) is 10.1 Å². The summed E-state index contributed by atoms with van der Waals surface area (Å²) in [5.74, 6) is 1.19. The Bertz CT molecular complexity index is 1030. The zero-order chi connectivity index (χ0) is 21.1. The zero-order valence-electron chi connectivity index (χ0n) is 17.3. The summed E-state index contributed by atoms with van der Waals surface area (Å²) in [6.45, 7) is 4.91. The van der Waals surface area contributed by atoms with Gasteiger partial charge in [-0.3, -0.25) is 4.79 Å². The first-order valence-electron chi connectivity index (χ1n) is 10.3. The van der Waals surface area contributed by atoms with Crippen molar-refractivity contribution in [1.29, 1.82) is 0 Å². The summed E-state index contributed by atoms with van der Waals surface area (Å²) in [4.78, 5) is 13.1. The molecule has 1 atom stereocenters. The Morgan fingerprint density at radius 2 is 2.17 bits per heavy atom. The topological polar surface area (TPSA) is 88.2 Å². The number of nitrogens with zero attached hydrogens (tertiary/aromatic N) is 2. The SMILES string of the molecule is Cc1nnc(SCc2c(C(=O)NCC3(C(C)CCO)CCC3)oc3ccccc23)s1. The lowest BCUT2D eigenvalue weighted by atomic mass is 9.60. The maximum absolute atomic E-state index is 13.1. The van der Waals surface area contributed by atoms with Crippen LogP contribution in [0.4, 0.5) is 0 Å². The number of amides is 1. The van der Waals surface area contributed by atoms with Crippen molar-refractivity contribution >= 4 is 40.0 Å². The number of para-hydroxylation sites is 1. The smallest absolute Gasteiger partial charge is 0.287 e. The average molecular weight is 446 g/mol. The number of benzene rings is 1. The molecular formula is C22H27N3O3S2. The minimum absolute atomic E-state index is 0.0867. The third-order valence-corrected chi connectivity index (χ3v) is 8.31. The maximum Gasteiger partial charge on any atom is 0.287 e. The molecule has 0 radical (unpaired) electrons. The monoisotopic (exact) mass is 445 g/mol. The molecule has 2 N–H and O–H groups in total. The minimum atomic E-state index is -0.169. The van der Waals surface area contributed by atoms with Gasteiger partial charge in [0.05, 0.1) is 0 Å². The molecule has 0 saturated heterocycles. The van der Waals surface area contributed by atoms with E-state index in [-0.39, 0.29) is 17.9 Å². The van der Waals surface area contributed by atoms with E-state index in [1.165, 1.54) is 6.42 Å². The van der Waals surface area contributed by atoms with E-state index in [1.54, 1.807) is 23.1 Å². The number of hydrogen-bond acceptors (Lipinski definition) is 7. The van der Waals surface area contributed by atoms with Gasteiger partial charge in [-0.1, -0.05) is 54.6 Å². The van der Waals surface area contributed by atoms with Crippen molar-refractivity contribution in [1.82, 2.24) is 15.5 Å². The molecule has 4 rings (SSSR count). The summed E-state index contributed by atoms with van der Waals surface area (Å²) in [7, 11) is 0. The number of aromatic nitrogens is 2. The van der Waals surface area contributed by atoms with E-state index in [2.05, 4.69) is 22.4 Å². The quantitative estimate of drug-likeness (QED) is 0.460. The molecule has 1 saturated carbocycles. The summed E-state index contributed by atoms with van der Waals surface area (Å²) in [6, 6.07) is 7.76. The normalized spacial score (nSPS) is 16.4. The molecule has 1 aliphatic carbocycles. The van der Waals surface area contributed by atoms with Gasteiger partial charge < -0.3 is 14.8 Å². The van der Waals surface area contributed by atoms with Crippen molar-refractivity contribution in [3.63, 3.8) is 0 Å². The fraction of sp³-hybridized carbons (Fsp3) is 0.500. The van der Waals surface area contributed by atoms with Crippen molar-refractivity contribution in [3.05, 3.63) is 40.6 Å². The van der Waals surface area contributed by atoms with E-state index >= 15 is 0 Å². The highest BCUT2D eigenvalue weighted by molar-refractivity contribution is 8.00. The Kier molecular flexibility index (Phi) is 6.46. The van der Waals surface area contributed by atoms with Crippen LogP contribution in [0.5, 0.6) is 0 Å². The fourth-order valence-electron chi connectivity index (χ4n) is 4.21. The largest absolute Gasteiger partial charge is 0.451 e. The third kappa shape index (κ3) is 4.26. The van der Waals surface area contributed by atoms with Crippen LogP contribution in [0.1, 0.15) is 53.7 Å². The van der Waals surface area contributed by atoms with E-state index in [0.717, 1.165) is 45.1 Å². The summed E-state index contributed by atoms with van der Waals surface area (Å²) in [6.07, 6.45) is 4.13. The van der Waals surface area contributed by atoms with E-state index in [9.17, 15) is 9.90 Å². The highest BCUT2D eigenvalue weighted by Crippen LogP contribution is 2.47. The zero-order valence-corrected chi connectivity index (χ0v) is 18.9. The van der Waals surface area contributed by atoms with Gasteiger partial charge in [0.1, 0.15) is 10.6 Å². The molecule has 3 aromatic rings. The van der Waals surface area contributed by atoms with Crippen LogP contribution in [-0.2, 0) is 5.75 Å². The first kappa shape index (κ1) is 21.3. The fourth-order valence-corrected chi connectivity index (χ4v) is 6.05. The maximum atomic E-state index is 13.1. The second-order valence-electron chi connectivity index (χ2n) is 8.09. The van der Waals surface area contributed by atoms with Gasteiger partial charge in [-0.25, -0.2) is 0 Å². The Balaban J connectivity index is 1.53. The molecule has 0 spiro atoms. The molecule has 2 aromatic heterocycles. The number of furan rings is 1. The first-order valence-corrected chi connectivity index (χ1v) is 12.1. The van der Waals surface area contributed by atoms with Crippen LogP contribution in [0.2, 0.25) is 0 Å². The number of nitrogens with one attached hydrogen (secondary N) is 1. The molecule has 1 amide bonds. The average Bonchev–Trinajstić information content (AvgIpc) is 3.28. The lowest BCUT2D eigenvalue weighted by Crippen LogP contribution is -2.46. The molecule has 160 valence electrons. The second-order valence-corrected chi connectivity index (χ2v) is 10.5. The van der Waals surface area contributed by atoms with Crippen LogP contribution in [0.3, 0.4) is 0 Å².